The average molecular weight is 416 g/mol. The van der Waals surface area contributed by atoms with Gasteiger partial charge >= 0.3 is 5.97 Å². The first-order valence-corrected chi connectivity index (χ1v) is 10.1. The summed E-state index contributed by atoms with van der Waals surface area (Å²) in [5.74, 6) is -0.112. The van der Waals surface area contributed by atoms with Gasteiger partial charge in [-0.05, 0) is 55.3 Å². The molecule has 0 spiro atoms. The molecule has 0 saturated heterocycles. The predicted octanol–water partition coefficient (Wildman–Crippen LogP) is 4.03. The summed E-state index contributed by atoms with van der Waals surface area (Å²) in [7, 11) is 0. The molecule has 6 nitrogen and oxygen atoms in total. The fraction of sp³-hybridized carbons (Fsp3) is 0.0870. The van der Waals surface area contributed by atoms with E-state index in [0.717, 1.165) is 22.2 Å². The molecule has 0 aliphatic rings. The van der Waals surface area contributed by atoms with Crippen molar-refractivity contribution in [2.24, 2.45) is 0 Å². The van der Waals surface area contributed by atoms with E-state index in [9.17, 15) is 14.7 Å². The lowest BCUT2D eigenvalue weighted by molar-refractivity contribution is 0.0697. The number of carboxylic acids is 1. The summed E-state index contributed by atoms with van der Waals surface area (Å²) < 4.78 is 7.97. The summed E-state index contributed by atoms with van der Waals surface area (Å²) in [4.78, 5) is 29.7. The molecule has 0 radical (unpaired) electrons. The van der Waals surface area contributed by atoms with E-state index in [4.69, 9.17) is 4.42 Å². The van der Waals surface area contributed by atoms with Gasteiger partial charge in [0.05, 0.1) is 16.6 Å². The Bertz CT molecular complexity index is 1570. The van der Waals surface area contributed by atoms with Gasteiger partial charge in [0, 0.05) is 11.6 Å². The summed E-state index contributed by atoms with van der Waals surface area (Å²) in [5.41, 5.74) is 4.35. The van der Waals surface area contributed by atoms with Crippen LogP contribution in [0.3, 0.4) is 0 Å². The number of fused-ring (bicyclic) bond motifs is 3. The van der Waals surface area contributed by atoms with Crippen molar-refractivity contribution in [3.05, 3.63) is 85.9 Å². The number of hydrogen-bond donors (Lipinski definition) is 1. The molecule has 0 amide bonds. The fourth-order valence-corrected chi connectivity index (χ4v) is 4.47. The zero-order chi connectivity index (χ0) is 21.0. The molecule has 148 valence electrons. The number of thiazole rings is 1. The summed E-state index contributed by atoms with van der Waals surface area (Å²) in [6.07, 6.45) is 1.67. The second kappa shape index (κ2) is 6.67. The number of imidazole rings is 1. The fourth-order valence-electron chi connectivity index (χ4n) is 3.51. The predicted molar refractivity (Wildman–Crippen MR) is 116 cm³/mol. The van der Waals surface area contributed by atoms with E-state index < -0.39 is 5.97 Å². The van der Waals surface area contributed by atoms with Crippen LogP contribution in [-0.2, 0) is 0 Å². The van der Waals surface area contributed by atoms with Crippen LogP contribution < -0.4 is 10.1 Å². The highest BCUT2D eigenvalue weighted by atomic mass is 32.1. The molecule has 2 aromatic carbocycles. The number of aromatic carboxylic acids is 1. The Hall–Kier alpha value is -3.71. The molecule has 0 bridgehead atoms. The number of carbonyl (C=O) groups is 1. The Morgan fingerprint density at radius 2 is 1.90 bits per heavy atom. The number of aromatic nitrogens is 2. The molecule has 1 N–H and O–H groups in total. The van der Waals surface area contributed by atoms with Crippen LogP contribution in [0.15, 0.2) is 57.7 Å². The Balaban J connectivity index is 1.63. The minimum absolute atomic E-state index is 0.148. The Morgan fingerprint density at radius 3 is 2.70 bits per heavy atom. The van der Waals surface area contributed by atoms with Crippen LogP contribution in [0, 0.1) is 13.8 Å². The van der Waals surface area contributed by atoms with E-state index in [1.807, 2.05) is 26.0 Å². The highest BCUT2D eigenvalue weighted by molar-refractivity contribution is 7.15. The summed E-state index contributed by atoms with van der Waals surface area (Å²) in [6, 6.07) is 14.1. The Labute approximate surface area is 174 Å². The van der Waals surface area contributed by atoms with Crippen LogP contribution in [0.5, 0.6) is 0 Å². The maximum Gasteiger partial charge on any atom is 0.336 e. The maximum absolute atomic E-state index is 13.0. The van der Waals surface area contributed by atoms with Gasteiger partial charge < -0.3 is 9.52 Å². The highest BCUT2D eigenvalue weighted by Crippen LogP contribution is 2.26. The molecule has 30 heavy (non-hydrogen) atoms. The molecular formula is C23H16N2O4S. The van der Waals surface area contributed by atoms with E-state index >= 15 is 0 Å². The molecule has 0 saturated carbocycles. The van der Waals surface area contributed by atoms with Gasteiger partial charge in [0.25, 0.3) is 5.56 Å². The largest absolute Gasteiger partial charge is 0.478 e. The van der Waals surface area contributed by atoms with E-state index in [-0.39, 0.29) is 11.1 Å². The van der Waals surface area contributed by atoms with Crippen LogP contribution in [0.25, 0.3) is 33.4 Å². The highest BCUT2D eigenvalue weighted by Gasteiger charge is 2.15. The molecule has 0 aliphatic carbocycles. The third kappa shape index (κ3) is 2.83. The third-order valence-corrected chi connectivity index (χ3v) is 6.15. The molecule has 0 fully saturated rings. The van der Waals surface area contributed by atoms with Crippen molar-refractivity contribution in [2.45, 2.75) is 13.8 Å². The first-order chi connectivity index (χ1) is 14.4. The molecule has 3 heterocycles. The number of furan rings is 1. The monoisotopic (exact) mass is 416 g/mol. The summed E-state index contributed by atoms with van der Waals surface area (Å²) >= 11 is 1.30. The second-order valence-corrected chi connectivity index (χ2v) is 8.13. The SMILES string of the molecule is Cc1cc2nc3sc(=Cc4ccc(-c5ccccc5C(=O)O)o4)c(=O)n3c2cc1C. The maximum atomic E-state index is 13.0. The van der Waals surface area contributed by atoms with Gasteiger partial charge in [0.2, 0.25) is 0 Å². The topological polar surface area (TPSA) is 84.8 Å². The number of rotatable bonds is 3. The van der Waals surface area contributed by atoms with Crippen molar-refractivity contribution in [3.63, 3.8) is 0 Å². The standard InChI is InChI=1S/C23H16N2O4S/c1-12-9-17-18(10-13(12)2)25-21(26)20(30-23(25)24-17)11-14-7-8-19(29-14)15-5-3-4-6-16(15)22(27)28/h3-11H,1-2H3,(H,27,28). The van der Waals surface area contributed by atoms with E-state index in [1.54, 1.807) is 40.8 Å². The molecule has 3 aromatic heterocycles. The van der Waals surface area contributed by atoms with Crippen molar-refractivity contribution in [3.8, 4) is 11.3 Å². The molecule has 0 atom stereocenters. The van der Waals surface area contributed by atoms with Crippen molar-refractivity contribution in [1.82, 2.24) is 9.38 Å². The molecular weight excluding hydrogens is 400 g/mol. The van der Waals surface area contributed by atoms with Gasteiger partial charge in [0.15, 0.2) is 4.96 Å². The third-order valence-electron chi connectivity index (χ3n) is 5.18. The first-order valence-electron chi connectivity index (χ1n) is 9.29. The quantitative estimate of drug-likeness (QED) is 0.480. The van der Waals surface area contributed by atoms with Crippen LogP contribution >= 0.6 is 11.3 Å². The van der Waals surface area contributed by atoms with Crippen LogP contribution in [0.4, 0.5) is 0 Å². The second-order valence-electron chi connectivity index (χ2n) is 7.12. The lowest BCUT2D eigenvalue weighted by atomic mass is 10.1. The molecule has 7 heteroatoms. The Morgan fingerprint density at radius 1 is 1.13 bits per heavy atom. The van der Waals surface area contributed by atoms with Crippen LogP contribution in [0.1, 0.15) is 27.2 Å². The number of hydrogen-bond acceptors (Lipinski definition) is 5. The van der Waals surface area contributed by atoms with Crippen LogP contribution in [0.2, 0.25) is 0 Å². The smallest absolute Gasteiger partial charge is 0.336 e. The summed E-state index contributed by atoms with van der Waals surface area (Å²) in [5, 5.41) is 9.39. The zero-order valence-electron chi connectivity index (χ0n) is 16.2. The van der Waals surface area contributed by atoms with E-state index in [1.165, 1.54) is 17.4 Å². The molecule has 0 aliphatic heterocycles. The van der Waals surface area contributed by atoms with Crippen molar-refractivity contribution < 1.29 is 14.3 Å². The van der Waals surface area contributed by atoms with Gasteiger partial charge in [-0.15, -0.1) is 0 Å². The van der Waals surface area contributed by atoms with Crippen molar-refractivity contribution >= 4 is 39.4 Å². The van der Waals surface area contributed by atoms with Gasteiger partial charge in [-0.3, -0.25) is 4.79 Å². The minimum Gasteiger partial charge on any atom is -0.478 e. The van der Waals surface area contributed by atoms with E-state index in [2.05, 4.69) is 4.98 Å². The normalized spacial score (nSPS) is 12.3. The zero-order valence-corrected chi connectivity index (χ0v) is 17.0. The molecule has 0 unspecified atom stereocenters. The average Bonchev–Trinajstić information content (AvgIpc) is 3.39. The van der Waals surface area contributed by atoms with Gasteiger partial charge in [-0.1, -0.05) is 29.5 Å². The molecule has 5 aromatic rings. The van der Waals surface area contributed by atoms with Gasteiger partial charge in [-0.2, -0.15) is 0 Å². The Kier molecular flexibility index (Phi) is 4.08. The van der Waals surface area contributed by atoms with E-state index in [0.29, 0.717) is 26.6 Å². The van der Waals surface area contributed by atoms with Crippen molar-refractivity contribution in [2.75, 3.05) is 0 Å². The lowest BCUT2D eigenvalue weighted by Crippen LogP contribution is -2.22. The number of aryl methyl sites for hydroxylation is 2. The number of nitrogens with zero attached hydrogens (tertiary/aromatic N) is 2. The van der Waals surface area contributed by atoms with Gasteiger partial charge in [-0.25, -0.2) is 14.2 Å². The summed E-state index contributed by atoms with van der Waals surface area (Å²) in [6.45, 7) is 4.04. The first kappa shape index (κ1) is 18.3. The lowest BCUT2D eigenvalue weighted by Gasteiger charge is -2.01. The molecule has 5 rings (SSSR count). The number of carboxylic acid groups (broad SMARTS) is 1. The van der Waals surface area contributed by atoms with Crippen molar-refractivity contribution in [1.29, 1.82) is 0 Å². The minimum atomic E-state index is -1.02. The van der Waals surface area contributed by atoms with Gasteiger partial charge in [0.1, 0.15) is 16.1 Å². The number of benzene rings is 2. The van der Waals surface area contributed by atoms with Crippen LogP contribution in [-0.4, -0.2) is 20.5 Å².